The van der Waals surface area contributed by atoms with E-state index in [1.165, 1.54) is 0 Å². The van der Waals surface area contributed by atoms with Gasteiger partial charge in [-0.15, -0.1) is 0 Å². The minimum absolute atomic E-state index is 0.0392. The molecule has 0 radical (unpaired) electrons. The third-order valence-electron chi connectivity index (χ3n) is 4.90. The minimum Gasteiger partial charge on any atom is -0.493 e. The first-order valence-corrected chi connectivity index (χ1v) is 11.1. The fourth-order valence-electron chi connectivity index (χ4n) is 2.94. The molecule has 1 aliphatic heterocycles. The van der Waals surface area contributed by atoms with Crippen molar-refractivity contribution in [3.05, 3.63) is 58.5 Å². The lowest BCUT2D eigenvalue weighted by Gasteiger charge is -2.15. The van der Waals surface area contributed by atoms with Crippen LogP contribution in [0.15, 0.2) is 47.4 Å². The number of methoxy groups -OCH3 is 1. The highest BCUT2D eigenvalue weighted by atomic mass is 32.2. The zero-order valence-corrected chi connectivity index (χ0v) is 19.3. The van der Waals surface area contributed by atoms with Crippen LogP contribution < -0.4 is 14.8 Å². The van der Waals surface area contributed by atoms with Gasteiger partial charge in [-0.1, -0.05) is 30.7 Å². The highest BCUT2D eigenvalue weighted by Crippen LogP contribution is 2.35. The van der Waals surface area contributed by atoms with E-state index in [1.807, 2.05) is 32.9 Å². The van der Waals surface area contributed by atoms with Crippen molar-refractivity contribution in [1.29, 1.82) is 0 Å². The molecule has 1 atom stereocenters. The highest BCUT2D eigenvalue weighted by molar-refractivity contribution is 8.18. The van der Waals surface area contributed by atoms with Crippen molar-refractivity contribution in [2.45, 2.75) is 33.3 Å². The molecule has 32 heavy (non-hydrogen) atoms. The van der Waals surface area contributed by atoms with Crippen LogP contribution in [0.4, 0.5) is 10.5 Å². The number of carbonyl (C=O) groups is 3. The number of ether oxygens (including phenoxy) is 2. The van der Waals surface area contributed by atoms with Gasteiger partial charge in [-0.3, -0.25) is 19.3 Å². The van der Waals surface area contributed by atoms with Gasteiger partial charge in [-0.05, 0) is 67.9 Å². The summed E-state index contributed by atoms with van der Waals surface area (Å²) in [5.74, 6) is 0.208. The van der Waals surface area contributed by atoms with Crippen LogP contribution in [0.1, 0.15) is 31.4 Å². The van der Waals surface area contributed by atoms with Gasteiger partial charge >= 0.3 is 0 Å². The second-order valence-electron chi connectivity index (χ2n) is 7.43. The predicted octanol–water partition coefficient (Wildman–Crippen LogP) is 4.86. The summed E-state index contributed by atoms with van der Waals surface area (Å²) in [6.07, 6.45) is 2.51. The van der Waals surface area contributed by atoms with Crippen LogP contribution >= 0.6 is 11.8 Å². The summed E-state index contributed by atoms with van der Waals surface area (Å²) in [5, 5.41) is 2.22. The van der Waals surface area contributed by atoms with E-state index in [-0.39, 0.29) is 17.6 Å². The average Bonchev–Trinajstić information content (AvgIpc) is 3.03. The molecule has 1 aliphatic rings. The zero-order chi connectivity index (χ0) is 23.3. The lowest BCUT2D eigenvalue weighted by Crippen LogP contribution is -2.36. The normalized spacial score (nSPS) is 15.8. The second kappa shape index (κ2) is 10.4. The van der Waals surface area contributed by atoms with Gasteiger partial charge in [-0.25, -0.2) is 0 Å². The van der Waals surface area contributed by atoms with E-state index in [4.69, 9.17) is 9.47 Å². The number of hydrogen-bond acceptors (Lipinski definition) is 6. The third kappa shape index (κ3) is 5.70. The zero-order valence-electron chi connectivity index (χ0n) is 18.5. The molecule has 0 aliphatic carbocycles. The highest BCUT2D eigenvalue weighted by Gasteiger charge is 2.36. The maximum Gasteiger partial charge on any atom is 0.294 e. The summed E-state index contributed by atoms with van der Waals surface area (Å²) in [5.41, 5.74) is 2.36. The van der Waals surface area contributed by atoms with Crippen LogP contribution in [-0.2, 0) is 9.59 Å². The number of benzene rings is 2. The van der Waals surface area contributed by atoms with Crippen molar-refractivity contribution in [1.82, 2.24) is 4.90 Å². The first kappa shape index (κ1) is 23.4. The Labute approximate surface area is 191 Å². The van der Waals surface area contributed by atoms with Gasteiger partial charge in [-0.2, -0.15) is 0 Å². The van der Waals surface area contributed by atoms with Gasteiger partial charge in [0.1, 0.15) is 6.54 Å². The van der Waals surface area contributed by atoms with E-state index >= 15 is 0 Å². The van der Waals surface area contributed by atoms with Gasteiger partial charge in [0.25, 0.3) is 11.1 Å². The molecule has 7 nitrogen and oxygen atoms in total. The summed E-state index contributed by atoms with van der Waals surface area (Å²) < 4.78 is 11.2. The van der Waals surface area contributed by atoms with Crippen LogP contribution in [-0.4, -0.2) is 41.7 Å². The molecule has 1 heterocycles. The SMILES string of the molecule is CC[C@@H](C)Oc1ccc(/C=C2\SC(=O)N(CC(=O)Nc3ccc(C)cc3)C2=O)cc1OC. The van der Waals surface area contributed by atoms with Crippen LogP contribution in [0.3, 0.4) is 0 Å². The van der Waals surface area contributed by atoms with Gasteiger partial charge in [0.2, 0.25) is 5.91 Å². The molecule has 1 fully saturated rings. The molecule has 8 heteroatoms. The number of rotatable bonds is 8. The molecule has 0 spiro atoms. The number of thioether (sulfide) groups is 1. The Morgan fingerprint density at radius 3 is 2.53 bits per heavy atom. The summed E-state index contributed by atoms with van der Waals surface area (Å²) in [7, 11) is 1.54. The van der Waals surface area contributed by atoms with Crippen molar-refractivity contribution in [2.24, 2.45) is 0 Å². The number of nitrogens with one attached hydrogen (secondary N) is 1. The molecular formula is C24H26N2O5S. The lowest BCUT2D eigenvalue weighted by molar-refractivity contribution is -0.127. The quantitative estimate of drug-likeness (QED) is 0.574. The molecule has 2 aromatic rings. The second-order valence-corrected chi connectivity index (χ2v) is 8.42. The van der Waals surface area contributed by atoms with Crippen molar-refractivity contribution in [3.63, 3.8) is 0 Å². The summed E-state index contributed by atoms with van der Waals surface area (Å²) in [4.78, 5) is 38.6. The number of hydrogen-bond donors (Lipinski definition) is 1. The van der Waals surface area contributed by atoms with Crippen LogP contribution in [0.25, 0.3) is 6.08 Å². The minimum atomic E-state index is -0.502. The Bertz CT molecular complexity index is 1050. The molecule has 0 bridgehead atoms. The first-order valence-electron chi connectivity index (χ1n) is 10.3. The lowest BCUT2D eigenvalue weighted by atomic mass is 10.1. The molecule has 1 saturated heterocycles. The Hall–Kier alpha value is -3.26. The fourth-order valence-corrected chi connectivity index (χ4v) is 3.78. The topological polar surface area (TPSA) is 84.9 Å². The molecule has 168 valence electrons. The van der Waals surface area contributed by atoms with E-state index < -0.39 is 17.1 Å². The number of carbonyl (C=O) groups excluding carboxylic acids is 3. The number of anilines is 1. The largest absolute Gasteiger partial charge is 0.493 e. The first-order chi connectivity index (χ1) is 15.3. The Balaban J connectivity index is 1.70. The maximum atomic E-state index is 12.7. The van der Waals surface area contributed by atoms with Crippen molar-refractivity contribution in [3.8, 4) is 11.5 Å². The molecule has 0 unspecified atom stereocenters. The van der Waals surface area contributed by atoms with E-state index in [2.05, 4.69) is 5.32 Å². The number of nitrogens with zero attached hydrogens (tertiary/aromatic N) is 1. The van der Waals surface area contributed by atoms with Gasteiger partial charge < -0.3 is 14.8 Å². The smallest absolute Gasteiger partial charge is 0.294 e. The van der Waals surface area contributed by atoms with Crippen molar-refractivity contribution in [2.75, 3.05) is 19.0 Å². The van der Waals surface area contributed by atoms with Gasteiger partial charge in [0.15, 0.2) is 11.5 Å². The van der Waals surface area contributed by atoms with Crippen LogP contribution in [0, 0.1) is 6.92 Å². The van der Waals surface area contributed by atoms with Crippen LogP contribution in [0.2, 0.25) is 0 Å². The van der Waals surface area contributed by atoms with E-state index in [1.54, 1.807) is 43.5 Å². The summed E-state index contributed by atoms with van der Waals surface area (Å²) in [6.45, 7) is 5.60. The van der Waals surface area contributed by atoms with Crippen molar-refractivity contribution < 1.29 is 23.9 Å². The standard InChI is InChI=1S/C24H26N2O5S/c1-5-16(3)31-19-11-8-17(12-20(19)30-4)13-21-23(28)26(24(29)32-21)14-22(27)25-18-9-6-15(2)7-10-18/h6-13,16H,5,14H2,1-4H3,(H,25,27)/b21-13-/t16-/m1/s1. The molecule has 0 saturated carbocycles. The number of imide groups is 1. The molecule has 3 amide bonds. The number of aryl methyl sites for hydroxylation is 1. The number of amides is 3. The van der Waals surface area contributed by atoms with Gasteiger partial charge in [0.05, 0.1) is 18.1 Å². The van der Waals surface area contributed by atoms with Gasteiger partial charge in [0, 0.05) is 5.69 Å². The molecule has 2 aromatic carbocycles. The predicted molar refractivity (Wildman–Crippen MR) is 126 cm³/mol. The molecular weight excluding hydrogens is 428 g/mol. The maximum absolute atomic E-state index is 12.7. The molecule has 0 aromatic heterocycles. The average molecular weight is 455 g/mol. The molecule has 3 rings (SSSR count). The Morgan fingerprint density at radius 2 is 1.88 bits per heavy atom. The summed E-state index contributed by atoms with van der Waals surface area (Å²) in [6, 6.07) is 12.6. The van der Waals surface area contributed by atoms with E-state index in [9.17, 15) is 14.4 Å². The Kier molecular flexibility index (Phi) is 7.58. The molecule has 1 N–H and O–H groups in total. The fraction of sp³-hybridized carbons (Fsp3) is 0.292. The third-order valence-corrected chi connectivity index (χ3v) is 5.81. The Morgan fingerprint density at radius 1 is 1.16 bits per heavy atom. The summed E-state index contributed by atoms with van der Waals surface area (Å²) >= 11 is 0.805. The monoisotopic (exact) mass is 454 g/mol. The van der Waals surface area contributed by atoms with Crippen molar-refractivity contribution >= 4 is 40.6 Å². The van der Waals surface area contributed by atoms with Crippen LogP contribution in [0.5, 0.6) is 11.5 Å². The van der Waals surface area contributed by atoms with E-state index in [0.29, 0.717) is 22.7 Å². The van der Waals surface area contributed by atoms with E-state index in [0.717, 1.165) is 28.6 Å².